The molecular formula is C22H22ClFN3OS+. The average molecular weight is 431 g/mol. The van der Waals surface area contributed by atoms with Crippen molar-refractivity contribution in [1.82, 2.24) is 4.90 Å². The summed E-state index contributed by atoms with van der Waals surface area (Å²) in [6.45, 7) is 5.05. The zero-order valence-electron chi connectivity index (χ0n) is 16.1. The van der Waals surface area contributed by atoms with E-state index in [0.717, 1.165) is 38.0 Å². The van der Waals surface area contributed by atoms with Crippen LogP contribution in [0.5, 0.6) is 0 Å². The van der Waals surface area contributed by atoms with Gasteiger partial charge < -0.3 is 4.90 Å². The van der Waals surface area contributed by atoms with Crippen LogP contribution in [0.15, 0.2) is 53.5 Å². The van der Waals surface area contributed by atoms with Crippen LogP contribution < -0.4 is 4.90 Å². The van der Waals surface area contributed by atoms with E-state index in [4.69, 9.17) is 28.8 Å². The molecule has 150 valence electrons. The maximum atomic E-state index is 13.5. The average Bonchev–Trinajstić information content (AvgIpc) is 3.01. The Morgan fingerprint density at radius 1 is 1.17 bits per heavy atom. The van der Waals surface area contributed by atoms with Crippen molar-refractivity contribution in [3.05, 3.63) is 70.5 Å². The van der Waals surface area contributed by atoms with Gasteiger partial charge in [-0.05, 0) is 55.5 Å². The number of halogens is 2. The monoisotopic (exact) mass is 430 g/mol. The Labute approximate surface area is 180 Å². The second kappa shape index (κ2) is 7.94. The Hall–Kier alpha value is -2.15. The zero-order chi connectivity index (χ0) is 20.6. The predicted octanol–water partition coefficient (Wildman–Crippen LogP) is 3.15. The molecule has 0 bridgehead atoms. The third kappa shape index (κ3) is 3.72. The summed E-state index contributed by atoms with van der Waals surface area (Å²) in [6, 6.07) is 12.9. The summed E-state index contributed by atoms with van der Waals surface area (Å²) in [5.74, 6) is -0.491. The van der Waals surface area contributed by atoms with Crippen LogP contribution in [0, 0.1) is 5.82 Å². The minimum absolute atomic E-state index is 0.174. The van der Waals surface area contributed by atoms with Gasteiger partial charge in [-0.1, -0.05) is 23.8 Å². The van der Waals surface area contributed by atoms with Crippen LogP contribution >= 0.6 is 23.8 Å². The number of likely N-dealkylation sites (tertiary alicyclic amines) is 1. The molecule has 0 aliphatic carbocycles. The molecule has 4 rings (SSSR count). The van der Waals surface area contributed by atoms with E-state index in [2.05, 4.69) is 6.92 Å². The van der Waals surface area contributed by atoms with Crippen LogP contribution in [0.25, 0.3) is 0 Å². The van der Waals surface area contributed by atoms with Crippen molar-refractivity contribution < 1.29 is 14.1 Å². The smallest absolute Gasteiger partial charge is 0.260 e. The van der Waals surface area contributed by atoms with E-state index in [1.54, 1.807) is 41.3 Å². The molecule has 2 aromatic carbocycles. The van der Waals surface area contributed by atoms with E-state index >= 15 is 0 Å². The molecule has 1 amide bonds. The van der Waals surface area contributed by atoms with Gasteiger partial charge in [0.05, 0.1) is 19.6 Å². The summed E-state index contributed by atoms with van der Waals surface area (Å²) >= 11 is 11.7. The number of nitrogens with one attached hydrogen (secondary N) is 1. The molecule has 2 aliphatic heterocycles. The number of nitrogens with zero attached hydrogens (tertiary/aromatic N) is 2. The van der Waals surface area contributed by atoms with Crippen LogP contribution in [0.1, 0.15) is 35.7 Å². The summed E-state index contributed by atoms with van der Waals surface area (Å²) in [6.07, 6.45) is 1.47. The summed E-state index contributed by atoms with van der Waals surface area (Å²) < 4.78 is 13.4. The molecule has 4 nitrogen and oxygen atoms in total. The van der Waals surface area contributed by atoms with Gasteiger partial charge in [-0.25, -0.2) is 4.39 Å². The van der Waals surface area contributed by atoms with Gasteiger partial charge in [0.25, 0.3) is 5.91 Å². The first kappa shape index (κ1) is 20.1. The first-order chi connectivity index (χ1) is 13.9. The van der Waals surface area contributed by atoms with Crippen molar-refractivity contribution in [3.8, 4) is 0 Å². The summed E-state index contributed by atoms with van der Waals surface area (Å²) in [7, 11) is 0. The van der Waals surface area contributed by atoms with Gasteiger partial charge in [-0.2, -0.15) is 0 Å². The molecule has 2 aliphatic rings. The summed E-state index contributed by atoms with van der Waals surface area (Å²) in [5, 5.41) is 0.573. The molecule has 2 heterocycles. The van der Waals surface area contributed by atoms with Gasteiger partial charge in [0, 0.05) is 29.0 Å². The number of hydrogen-bond acceptors (Lipinski definition) is 3. The molecule has 2 aromatic rings. The molecular weight excluding hydrogens is 409 g/mol. The fourth-order valence-electron chi connectivity index (χ4n) is 4.09. The van der Waals surface area contributed by atoms with Crippen LogP contribution in [0.4, 0.5) is 4.39 Å². The second-order valence-corrected chi connectivity index (χ2v) is 8.33. The number of quaternary nitrogens is 1. The second-order valence-electron chi connectivity index (χ2n) is 7.51. The van der Waals surface area contributed by atoms with E-state index in [9.17, 15) is 9.18 Å². The molecule has 0 saturated carbocycles. The maximum absolute atomic E-state index is 13.5. The normalized spacial score (nSPS) is 24.1. The zero-order valence-corrected chi connectivity index (χ0v) is 17.7. The van der Waals surface area contributed by atoms with Crippen molar-refractivity contribution in [2.24, 2.45) is 4.99 Å². The van der Waals surface area contributed by atoms with Gasteiger partial charge in [0.1, 0.15) is 16.5 Å². The number of piperidine rings is 1. The molecule has 0 aromatic heterocycles. The maximum Gasteiger partial charge on any atom is 0.260 e. The lowest BCUT2D eigenvalue weighted by Gasteiger charge is -2.40. The standard InChI is InChI=1S/C22H21ClFN3OS/c1-2-26-13-11-22(12-14-26)25-19(15-5-9-18(24)10-6-15)21(29)27(22)20(28)16-3-7-17(23)8-4-16/h3-10H,2,11-14H2,1H3/p+1. The highest BCUT2D eigenvalue weighted by atomic mass is 35.5. The first-order valence-electron chi connectivity index (χ1n) is 9.77. The third-order valence-corrected chi connectivity index (χ3v) is 6.44. The Kier molecular flexibility index (Phi) is 5.51. The fourth-order valence-corrected chi connectivity index (χ4v) is 4.63. The molecule has 0 unspecified atom stereocenters. The van der Waals surface area contributed by atoms with E-state index in [-0.39, 0.29) is 11.7 Å². The Balaban J connectivity index is 1.74. The van der Waals surface area contributed by atoms with Crippen molar-refractivity contribution in [2.45, 2.75) is 25.4 Å². The number of hydrogen-bond donors (Lipinski definition) is 1. The number of benzene rings is 2. The lowest BCUT2D eigenvalue weighted by atomic mass is 9.95. The van der Waals surface area contributed by atoms with Gasteiger partial charge in [0.2, 0.25) is 0 Å². The summed E-state index contributed by atoms with van der Waals surface area (Å²) in [4.78, 5) is 22.0. The van der Waals surface area contributed by atoms with Crippen molar-refractivity contribution in [1.29, 1.82) is 0 Å². The third-order valence-electron chi connectivity index (χ3n) is 5.81. The topological polar surface area (TPSA) is 37.1 Å². The van der Waals surface area contributed by atoms with Gasteiger partial charge in [-0.3, -0.25) is 14.7 Å². The van der Waals surface area contributed by atoms with Crippen molar-refractivity contribution in [3.63, 3.8) is 0 Å². The van der Waals surface area contributed by atoms with Crippen LogP contribution in [-0.2, 0) is 0 Å². The number of rotatable bonds is 3. The van der Waals surface area contributed by atoms with Crippen LogP contribution in [0.2, 0.25) is 5.02 Å². The van der Waals surface area contributed by atoms with Crippen molar-refractivity contribution >= 4 is 40.4 Å². The van der Waals surface area contributed by atoms with Gasteiger partial charge >= 0.3 is 0 Å². The lowest BCUT2D eigenvalue weighted by molar-refractivity contribution is -0.904. The number of carbonyl (C=O) groups is 1. The summed E-state index contributed by atoms with van der Waals surface area (Å²) in [5.41, 5.74) is 1.16. The highest BCUT2D eigenvalue weighted by molar-refractivity contribution is 7.82. The minimum Gasteiger partial charge on any atom is -0.335 e. The predicted molar refractivity (Wildman–Crippen MR) is 116 cm³/mol. The molecule has 1 fully saturated rings. The Morgan fingerprint density at radius 3 is 2.38 bits per heavy atom. The van der Waals surface area contributed by atoms with Crippen molar-refractivity contribution in [2.75, 3.05) is 19.6 Å². The fraction of sp³-hybridized carbons (Fsp3) is 0.318. The van der Waals surface area contributed by atoms with E-state index in [1.165, 1.54) is 17.0 Å². The van der Waals surface area contributed by atoms with Gasteiger partial charge in [0.15, 0.2) is 5.66 Å². The Bertz CT molecular complexity index is 967. The molecule has 0 atom stereocenters. The minimum atomic E-state index is -0.684. The molecule has 29 heavy (non-hydrogen) atoms. The number of thiocarbonyl (C=S) groups is 1. The largest absolute Gasteiger partial charge is 0.335 e. The molecule has 7 heteroatoms. The van der Waals surface area contributed by atoms with E-state index in [1.807, 2.05) is 0 Å². The highest BCUT2D eigenvalue weighted by Gasteiger charge is 2.51. The quantitative estimate of drug-likeness (QED) is 0.759. The first-order valence-corrected chi connectivity index (χ1v) is 10.6. The Morgan fingerprint density at radius 2 is 1.79 bits per heavy atom. The highest BCUT2D eigenvalue weighted by Crippen LogP contribution is 2.36. The molecule has 1 N–H and O–H groups in total. The van der Waals surface area contributed by atoms with E-state index in [0.29, 0.717) is 21.3 Å². The number of carbonyl (C=O) groups excluding carboxylic acids is 1. The number of aliphatic imine (C=N–C) groups is 1. The lowest BCUT2D eigenvalue weighted by Crippen LogP contribution is -3.13. The van der Waals surface area contributed by atoms with Crippen LogP contribution in [0.3, 0.4) is 0 Å². The SMILES string of the molecule is CC[NH+]1CCC2(CC1)N=C(c1ccc(F)cc1)C(=S)N2C(=O)c1ccc(Cl)cc1. The molecule has 0 radical (unpaired) electrons. The van der Waals surface area contributed by atoms with Crippen LogP contribution in [-0.4, -0.2) is 46.8 Å². The molecule has 1 spiro atoms. The van der Waals surface area contributed by atoms with Gasteiger partial charge in [-0.15, -0.1) is 0 Å². The molecule has 1 saturated heterocycles. The number of amides is 1. The van der Waals surface area contributed by atoms with E-state index < -0.39 is 5.66 Å².